The van der Waals surface area contributed by atoms with Gasteiger partial charge in [-0.2, -0.15) is 0 Å². The van der Waals surface area contributed by atoms with Crippen LogP contribution < -0.4 is 10.1 Å². The van der Waals surface area contributed by atoms with E-state index in [1.165, 1.54) is 32.1 Å². The van der Waals surface area contributed by atoms with E-state index < -0.39 is 18.0 Å². The zero-order valence-electron chi connectivity index (χ0n) is 19.3. The average Bonchev–Trinajstić information content (AvgIpc) is 2.75. The Morgan fingerprint density at radius 3 is 1.81 bits per heavy atom. The topological polar surface area (TPSA) is 113 Å². The van der Waals surface area contributed by atoms with Crippen molar-refractivity contribution in [1.82, 2.24) is 0 Å². The zero-order valence-corrected chi connectivity index (χ0v) is 19.3. The molecule has 7 nitrogen and oxygen atoms in total. The molecule has 1 rings (SSSR count). The van der Waals surface area contributed by atoms with Gasteiger partial charge in [-0.1, -0.05) is 76.8 Å². The van der Waals surface area contributed by atoms with E-state index in [2.05, 4.69) is 5.32 Å². The molecule has 180 valence electrons. The Kier molecular flexibility index (Phi) is 14.6. The highest BCUT2D eigenvalue weighted by atomic mass is 16.5. The molecule has 1 amide bonds. The van der Waals surface area contributed by atoms with E-state index >= 15 is 0 Å². The third kappa shape index (κ3) is 13.0. The highest BCUT2D eigenvalue weighted by molar-refractivity contribution is 5.92. The molecule has 0 spiro atoms. The molecule has 0 bridgehead atoms. The monoisotopic (exact) mass is 449 g/mol. The van der Waals surface area contributed by atoms with E-state index in [0.29, 0.717) is 24.3 Å². The van der Waals surface area contributed by atoms with Crippen molar-refractivity contribution in [2.45, 2.75) is 103 Å². The second kappa shape index (κ2) is 17.0. The van der Waals surface area contributed by atoms with Crippen LogP contribution in [0.15, 0.2) is 24.3 Å². The molecule has 0 aliphatic carbocycles. The van der Waals surface area contributed by atoms with Crippen LogP contribution >= 0.6 is 0 Å². The van der Waals surface area contributed by atoms with Crippen molar-refractivity contribution in [3.63, 3.8) is 0 Å². The summed E-state index contributed by atoms with van der Waals surface area (Å²) in [6, 6.07) is 6.91. The lowest BCUT2D eigenvalue weighted by Crippen LogP contribution is -2.26. The molecular weight excluding hydrogens is 410 g/mol. The first-order valence-electron chi connectivity index (χ1n) is 11.9. The summed E-state index contributed by atoms with van der Waals surface area (Å²) >= 11 is 0. The number of aliphatic carboxylic acids is 2. The lowest BCUT2D eigenvalue weighted by molar-refractivity contribution is -0.145. The molecule has 0 aromatic heterocycles. The van der Waals surface area contributed by atoms with Gasteiger partial charge in [0.25, 0.3) is 0 Å². The molecule has 3 N–H and O–H groups in total. The van der Waals surface area contributed by atoms with E-state index in [4.69, 9.17) is 9.84 Å². The Morgan fingerprint density at radius 2 is 1.31 bits per heavy atom. The summed E-state index contributed by atoms with van der Waals surface area (Å²) in [5.41, 5.74) is 0.500. The van der Waals surface area contributed by atoms with Crippen LogP contribution in [-0.2, 0) is 14.4 Å². The van der Waals surface area contributed by atoms with Crippen molar-refractivity contribution in [2.24, 2.45) is 0 Å². The van der Waals surface area contributed by atoms with Gasteiger partial charge in [0.1, 0.15) is 5.75 Å². The van der Waals surface area contributed by atoms with Gasteiger partial charge in [0, 0.05) is 12.8 Å². The van der Waals surface area contributed by atoms with Crippen LogP contribution in [0.2, 0.25) is 0 Å². The first-order valence-corrected chi connectivity index (χ1v) is 11.9. The van der Waals surface area contributed by atoms with Gasteiger partial charge in [-0.15, -0.1) is 0 Å². The second-order valence-electron chi connectivity index (χ2n) is 8.18. The molecule has 7 heteroatoms. The Morgan fingerprint density at radius 1 is 0.812 bits per heavy atom. The number of amides is 1. The highest BCUT2D eigenvalue weighted by Gasteiger charge is 2.18. The quantitative estimate of drug-likeness (QED) is 0.222. The van der Waals surface area contributed by atoms with E-state index in [0.717, 1.165) is 38.5 Å². The van der Waals surface area contributed by atoms with Crippen molar-refractivity contribution in [3.8, 4) is 5.75 Å². The minimum atomic E-state index is -1.02. The van der Waals surface area contributed by atoms with Gasteiger partial charge in [-0.25, -0.2) is 4.79 Å². The second-order valence-corrected chi connectivity index (χ2v) is 8.18. The third-order valence-corrected chi connectivity index (χ3v) is 5.37. The summed E-state index contributed by atoms with van der Waals surface area (Å²) in [6.45, 7) is 1.74. The number of carbonyl (C=O) groups excluding carboxylic acids is 1. The smallest absolute Gasteiger partial charge is 0.344 e. The maximum atomic E-state index is 12.3. The van der Waals surface area contributed by atoms with Crippen LogP contribution in [-0.4, -0.2) is 34.2 Å². The fraction of sp³-hybridized carbons (Fsp3) is 0.640. The van der Waals surface area contributed by atoms with Gasteiger partial charge in [0.2, 0.25) is 5.91 Å². The number of unbranched alkanes of at least 4 members (excludes halogenated alkanes) is 10. The van der Waals surface area contributed by atoms with Crippen LogP contribution in [0.3, 0.4) is 0 Å². The Labute approximate surface area is 191 Å². The minimum absolute atomic E-state index is 0.0904. The van der Waals surface area contributed by atoms with E-state index in [1.54, 1.807) is 31.2 Å². The molecule has 0 radical (unpaired) electrons. The van der Waals surface area contributed by atoms with Crippen molar-refractivity contribution >= 4 is 23.5 Å². The molecule has 32 heavy (non-hydrogen) atoms. The number of anilines is 1. The molecular formula is C25H39NO6. The van der Waals surface area contributed by atoms with Gasteiger partial charge in [-0.3, -0.25) is 9.59 Å². The van der Waals surface area contributed by atoms with Crippen LogP contribution in [0.1, 0.15) is 96.8 Å². The minimum Gasteiger partial charge on any atom is -0.481 e. The largest absolute Gasteiger partial charge is 0.481 e. The number of ether oxygens (including phenoxy) is 1. The molecule has 0 heterocycles. The predicted octanol–water partition coefficient (Wildman–Crippen LogP) is 6.02. The normalized spacial score (nSPS) is 11.7. The van der Waals surface area contributed by atoms with Crippen LogP contribution in [0.25, 0.3) is 0 Å². The number of nitrogens with one attached hydrogen (secondary N) is 1. The number of carboxylic acid groups (broad SMARTS) is 2. The molecule has 0 aliphatic heterocycles. The van der Waals surface area contributed by atoms with Crippen LogP contribution in [0.5, 0.6) is 5.75 Å². The summed E-state index contributed by atoms with van der Waals surface area (Å²) in [5.74, 6) is -1.45. The van der Waals surface area contributed by atoms with Gasteiger partial charge < -0.3 is 20.3 Å². The van der Waals surface area contributed by atoms with Gasteiger partial charge in [0.05, 0.1) is 5.69 Å². The predicted molar refractivity (Wildman–Crippen MR) is 125 cm³/mol. The summed E-state index contributed by atoms with van der Waals surface area (Å²) in [6.07, 6.45) is 11.9. The molecule has 1 unspecified atom stereocenters. The Bertz CT molecular complexity index is 691. The van der Waals surface area contributed by atoms with Gasteiger partial charge >= 0.3 is 11.9 Å². The van der Waals surface area contributed by atoms with Crippen molar-refractivity contribution in [1.29, 1.82) is 0 Å². The number of rotatable bonds is 19. The number of para-hydroxylation sites is 2. The standard InChI is InChI=1S/C25H39NO6/c1-2-21(25(30)31)32-22-17-15-14-16-20(22)26-23(27)18-12-10-8-6-4-3-5-7-9-11-13-19-24(28)29/h14-17,21H,2-13,18-19H2,1H3,(H,26,27)(H,28,29)(H,30,31). The van der Waals surface area contributed by atoms with E-state index in [1.807, 2.05) is 0 Å². The van der Waals surface area contributed by atoms with Crippen LogP contribution in [0, 0.1) is 0 Å². The molecule has 1 aromatic rings. The Balaban J connectivity index is 2.11. The lowest BCUT2D eigenvalue weighted by Gasteiger charge is -2.16. The average molecular weight is 450 g/mol. The molecule has 0 fully saturated rings. The number of hydrogen-bond donors (Lipinski definition) is 3. The molecule has 0 saturated heterocycles. The number of carboxylic acids is 2. The molecule has 1 aromatic carbocycles. The summed E-state index contributed by atoms with van der Waals surface area (Å²) in [7, 11) is 0. The number of benzene rings is 1. The van der Waals surface area contributed by atoms with Gasteiger partial charge in [0.15, 0.2) is 6.10 Å². The Hall–Kier alpha value is -2.57. The third-order valence-electron chi connectivity index (χ3n) is 5.37. The summed E-state index contributed by atoms with van der Waals surface area (Å²) < 4.78 is 5.55. The number of hydrogen-bond acceptors (Lipinski definition) is 4. The maximum absolute atomic E-state index is 12.3. The van der Waals surface area contributed by atoms with Gasteiger partial charge in [-0.05, 0) is 31.4 Å². The fourth-order valence-electron chi connectivity index (χ4n) is 3.50. The van der Waals surface area contributed by atoms with E-state index in [9.17, 15) is 19.5 Å². The zero-order chi connectivity index (χ0) is 23.6. The molecule has 0 saturated carbocycles. The lowest BCUT2D eigenvalue weighted by atomic mass is 10.0. The molecule has 1 atom stereocenters. The SMILES string of the molecule is CCC(Oc1ccccc1NC(=O)CCCCCCCCCCCCCC(=O)O)C(=O)O. The van der Waals surface area contributed by atoms with Crippen molar-refractivity contribution in [3.05, 3.63) is 24.3 Å². The first kappa shape index (κ1) is 27.5. The van der Waals surface area contributed by atoms with Crippen LogP contribution in [0.4, 0.5) is 5.69 Å². The molecule has 0 aliphatic rings. The van der Waals surface area contributed by atoms with Crippen molar-refractivity contribution < 1.29 is 29.3 Å². The van der Waals surface area contributed by atoms with E-state index in [-0.39, 0.29) is 12.3 Å². The fourth-order valence-corrected chi connectivity index (χ4v) is 3.50. The number of carbonyl (C=O) groups is 3. The maximum Gasteiger partial charge on any atom is 0.344 e. The highest BCUT2D eigenvalue weighted by Crippen LogP contribution is 2.26. The summed E-state index contributed by atoms with van der Waals surface area (Å²) in [4.78, 5) is 33.9. The van der Waals surface area contributed by atoms with Crippen molar-refractivity contribution in [2.75, 3.05) is 5.32 Å². The summed E-state index contributed by atoms with van der Waals surface area (Å²) in [5, 5.41) is 20.6. The first-order chi connectivity index (χ1) is 15.4.